The minimum absolute atomic E-state index is 0.0117. The zero-order chi connectivity index (χ0) is 16.4. The lowest BCUT2D eigenvalue weighted by atomic mass is 9.87. The number of halogens is 1. The maximum absolute atomic E-state index is 12.7. The second-order valence-electron chi connectivity index (χ2n) is 6.28. The Morgan fingerprint density at radius 1 is 1.30 bits per heavy atom. The van der Waals surface area contributed by atoms with Gasteiger partial charge in [-0.25, -0.2) is 0 Å². The number of carbonyl (C=O) groups is 1. The van der Waals surface area contributed by atoms with E-state index >= 15 is 0 Å². The van der Waals surface area contributed by atoms with Crippen LogP contribution in [0, 0.1) is 5.92 Å². The second-order valence-corrected chi connectivity index (χ2v) is 6.72. The van der Waals surface area contributed by atoms with Crippen LogP contribution < -0.4 is 5.32 Å². The van der Waals surface area contributed by atoms with Gasteiger partial charge in [0.05, 0.1) is 12.5 Å². The van der Waals surface area contributed by atoms with Crippen LogP contribution in [0.4, 0.5) is 0 Å². The van der Waals surface area contributed by atoms with Crippen LogP contribution in [0.15, 0.2) is 24.3 Å². The number of nitrogens with one attached hydrogen (secondary N) is 1. The summed E-state index contributed by atoms with van der Waals surface area (Å²) in [6.45, 7) is 5.46. The van der Waals surface area contributed by atoms with Gasteiger partial charge in [0.2, 0.25) is 5.91 Å². The average molecular weight is 333 g/mol. The first kappa shape index (κ1) is 16.0. The monoisotopic (exact) mass is 332 g/mol. The van der Waals surface area contributed by atoms with Crippen molar-refractivity contribution in [1.82, 2.24) is 20.1 Å². The van der Waals surface area contributed by atoms with E-state index in [9.17, 15) is 4.79 Å². The Labute approximate surface area is 141 Å². The summed E-state index contributed by atoms with van der Waals surface area (Å²) in [5.41, 5.74) is 0.980. The minimum Gasteiger partial charge on any atom is -0.348 e. The third-order valence-corrected chi connectivity index (χ3v) is 4.54. The summed E-state index contributed by atoms with van der Waals surface area (Å²) < 4.78 is 2.10. The molecule has 0 fully saturated rings. The number of aromatic nitrogens is 3. The molecule has 0 radical (unpaired) electrons. The second kappa shape index (κ2) is 6.71. The lowest BCUT2D eigenvalue weighted by Gasteiger charge is -2.20. The highest BCUT2D eigenvalue weighted by Gasteiger charge is 2.25. The highest BCUT2D eigenvalue weighted by molar-refractivity contribution is 6.30. The zero-order valence-corrected chi connectivity index (χ0v) is 14.2. The molecule has 1 aromatic carbocycles. The number of aryl methyl sites for hydroxylation is 1. The Bertz CT molecular complexity index is 693. The zero-order valence-electron chi connectivity index (χ0n) is 13.4. The van der Waals surface area contributed by atoms with Gasteiger partial charge in [0.15, 0.2) is 5.82 Å². The molecule has 0 unspecified atom stereocenters. The molecule has 6 heteroatoms. The van der Waals surface area contributed by atoms with Gasteiger partial charge < -0.3 is 9.88 Å². The smallest absolute Gasteiger partial charge is 0.228 e. The third kappa shape index (κ3) is 3.39. The van der Waals surface area contributed by atoms with E-state index in [1.165, 1.54) is 0 Å². The molecule has 0 aliphatic carbocycles. The largest absolute Gasteiger partial charge is 0.348 e. The van der Waals surface area contributed by atoms with Gasteiger partial charge in [-0.05, 0) is 30.0 Å². The minimum atomic E-state index is -0.201. The van der Waals surface area contributed by atoms with Crippen LogP contribution in [0.2, 0.25) is 5.02 Å². The molecule has 122 valence electrons. The van der Waals surface area contributed by atoms with E-state index in [4.69, 9.17) is 11.6 Å². The summed E-state index contributed by atoms with van der Waals surface area (Å²) in [5.74, 6) is 1.86. The molecule has 0 saturated carbocycles. The summed E-state index contributed by atoms with van der Waals surface area (Å²) in [7, 11) is 0. The van der Waals surface area contributed by atoms with Gasteiger partial charge in [-0.15, -0.1) is 10.2 Å². The van der Waals surface area contributed by atoms with Crippen molar-refractivity contribution in [3.8, 4) is 0 Å². The molecule has 23 heavy (non-hydrogen) atoms. The number of hydrogen-bond donors (Lipinski definition) is 1. The summed E-state index contributed by atoms with van der Waals surface area (Å²) >= 11 is 5.94. The van der Waals surface area contributed by atoms with E-state index in [1.54, 1.807) is 0 Å². The molecule has 1 aromatic heterocycles. The molecule has 2 heterocycles. The fourth-order valence-corrected chi connectivity index (χ4v) is 3.25. The quantitative estimate of drug-likeness (QED) is 0.915. The van der Waals surface area contributed by atoms with E-state index in [0.29, 0.717) is 11.6 Å². The van der Waals surface area contributed by atoms with Crippen LogP contribution in [0.5, 0.6) is 0 Å². The van der Waals surface area contributed by atoms with Crippen LogP contribution in [-0.4, -0.2) is 20.7 Å². The molecule has 3 rings (SSSR count). The van der Waals surface area contributed by atoms with Gasteiger partial charge in [0, 0.05) is 18.0 Å². The van der Waals surface area contributed by atoms with Crippen molar-refractivity contribution in [3.05, 3.63) is 46.5 Å². The van der Waals surface area contributed by atoms with Crippen molar-refractivity contribution in [2.75, 3.05) is 0 Å². The number of rotatable bonds is 5. The lowest BCUT2D eigenvalue weighted by molar-refractivity contribution is -0.123. The fourth-order valence-electron chi connectivity index (χ4n) is 3.13. The third-order valence-electron chi connectivity index (χ3n) is 4.29. The fraction of sp³-hybridized carbons (Fsp3) is 0.471. The number of benzene rings is 1. The van der Waals surface area contributed by atoms with Gasteiger partial charge in [-0.2, -0.15) is 0 Å². The van der Waals surface area contributed by atoms with Crippen LogP contribution in [-0.2, 0) is 24.3 Å². The molecular weight excluding hydrogens is 312 g/mol. The summed E-state index contributed by atoms with van der Waals surface area (Å²) in [6, 6.07) is 7.48. The molecule has 0 bridgehead atoms. The summed E-state index contributed by atoms with van der Waals surface area (Å²) in [6.07, 6.45) is 2.07. The predicted octanol–water partition coefficient (Wildman–Crippen LogP) is 2.93. The van der Waals surface area contributed by atoms with Gasteiger partial charge >= 0.3 is 0 Å². The van der Waals surface area contributed by atoms with E-state index < -0.39 is 0 Å². The average Bonchev–Trinajstić information content (AvgIpc) is 3.10. The Balaban J connectivity index is 1.70. The first-order valence-corrected chi connectivity index (χ1v) is 8.38. The molecule has 5 nitrogen and oxygen atoms in total. The molecule has 1 amide bonds. The van der Waals surface area contributed by atoms with E-state index in [-0.39, 0.29) is 17.7 Å². The molecule has 1 aliphatic heterocycles. The molecule has 1 atom stereocenters. The van der Waals surface area contributed by atoms with Crippen LogP contribution in [0.3, 0.4) is 0 Å². The van der Waals surface area contributed by atoms with Gasteiger partial charge in [0.25, 0.3) is 0 Å². The first-order valence-electron chi connectivity index (χ1n) is 8.00. The van der Waals surface area contributed by atoms with Crippen LogP contribution in [0.1, 0.15) is 43.4 Å². The van der Waals surface area contributed by atoms with Crippen molar-refractivity contribution >= 4 is 17.5 Å². The number of amides is 1. The van der Waals surface area contributed by atoms with E-state index in [1.807, 2.05) is 38.1 Å². The van der Waals surface area contributed by atoms with Crippen molar-refractivity contribution in [2.24, 2.45) is 5.92 Å². The number of hydrogen-bond acceptors (Lipinski definition) is 3. The standard InChI is InChI=1S/C17H21ClN4O/c1-11(2)16(12-5-7-13(18)8-6-12)17(23)19-10-15-21-20-14-4-3-9-22(14)15/h5-8,11,16H,3-4,9-10H2,1-2H3,(H,19,23)/t16-/m0/s1. The van der Waals surface area contributed by atoms with Crippen LogP contribution in [0.25, 0.3) is 0 Å². The van der Waals surface area contributed by atoms with Crippen LogP contribution >= 0.6 is 11.6 Å². The highest BCUT2D eigenvalue weighted by atomic mass is 35.5. The van der Waals surface area contributed by atoms with Crippen molar-refractivity contribution in [1.29, 1.82) is 0 Å². The molecule has 1 N–H and O–H groups in total. The Kier molecular flexibility index (Phi) is 4.66. The summed E-state index contributed by atoms with van der Waals surface area (Å²) in [4.78, 5) is 12.7. The van der Waals surface area contributed by atoms with Gasteiger partial charge in [0.1, 0.15) is 5.82 Å². The summed E-state index contributed by atoms with van der Waals surface area (Å²) in [5, 5.41) is 12.0. The molecule has 1 aliphatic rings. The highest BCUT2D eigenvalue weighted by Crippen LogP contribution is 2.26. The SMILES string of the molecule is CC(C)[C@H](C(=O)NCc1nnc2n1CCC2)c1ccc(Cl)cc1. The molecule has 2 aromatic rings. The van der Waals surface area contributed by atoms with Crippen molar-refractivity contribution in [3.63, 3.8) is 0 Å². The lowest BCUT2D eigenvalue weighted by Crippen LogP contribution is -2.32. The maximum Gasteiger partial charge on any atom is 0.228 e. The van der Waals surface area contributed by atoms with Crippen molar-refractivity contribution < 1.29 is 4.79 Å². The number of nitrogens with zero attached hydrogens (tertiary/aromatic N) is 3. The molecule has 0 spiro atoms. The van der Waals surface area contributed by atoms with Gasteiger partial charge in [-0.1, -0.05) is 37.6 Å². The Hall–Kier alpha value is -1.88. The molecular formula is C17H21ClN4O. The van der Waals surface area contributed by atoms with E-state index in [0.717, 1.165) is 36.6 Å². The maximum atomic E-state index is 12.7. The number of carbonyl (C=O) groups excluding carboxylic acids is 1. The van der Waals surface area contributed by atoms with Gasteiger partial charge in [-0.3, -0.25) is 4.79 Å². The molecule has 0 saturated heterocycles. The predicted molar refractivity (Wildman–Crippen MR) is 89.2 cm³/mol. The topological polar surface area (TPSA) is 59.8 Å². The van der Waals surface area contributed by atoms with Crippen molar-refractivity contribution in [2.45, 2.75) is 45.7 Å². The Morgan fingerprint density at radius 2 is 2.04 bits per heavy atom. The normalized spacial score (nSPS) is 14.8. The number of fused-ring (bicyclic) bond motifs is 1. The Morgan fingerprint density at radius 3 is 2.74 bits per heavy atom. The first-order chi connectivity index (χ1) is 11.1. The van der Waals surface area contributed by atoms with E-state index in [2.05, 4.69) is 20.1 Å².